The third-order valence-electron chi connectivity index (χ3n) is 0.126. The van der Waals surface area contributed by atoms with Gasteiger partial charge in [-0.1, -0.05) is 0 Å². The maximum Gasteiger partial charge on any atom is 0.234 e. The van der Waals surface area contributed by atoms with Gasteiger partial charge in [-0.05, 0) is 4.83 Å². The second kappa shape index (κ2) is 3.34. The SMILES string of the molecule is O=S(O)C#CBr. The van der Waals surface area contributed by atoms with Crippen LogP contribution in [-0.2, 0) is 11.1 Å². The van der Waals surface area contributed by atoms with E-state index in [1.807, 2.05) is 5.25 Å². The molecule has 34 valence electrons. The van der Waals surface area contributed by atoms with Crippen LogP contribution in [0.2, 0.25) is 0 Å². The van der Waals surface area contributed by atoms with Crippen molar-refractivity contribution in [2.75, 3.05) is 0 Å². The first kappa shape index (κ1) is 6.15. The molecule has 0 fully saturated rings. The quantitative estimate of drug-likeness (QED) is 0.424. The Bertz CT molecular complexity index is 110. The highest BCUT2D eigenvalue weighted by molar-refractivity contribution is 9.12. The van der Waals surface area contributed by atoms with Crippen molar-refractivity contribution in [3.63, 3.8) is 0 Å². The zero-order valence-corrected chi connectivity index (χ0v) is 5.04. The molecule has 0 aromatic carbocycles. The number of halogens is 1. The smallest absolute Gasteiger partial charge is 0.234 e. The molecule has 0 aromatic heterocycles. The molecule has 0 radical (unpaired) electrons. The molecule has 1 atom stereocenters. The van der Waals surface area contributed by atoms with Crippen molar-refractivity contribution < 1.29 is 8.76 Å². The van der Waals surface area contributed by atoms with Gasteiger partial charge in [-0.2, -0.15) is 0 Å². The van der Waals surface area contributed by atoms with Crippen molar-refractivity contribution >= 4 is 27.0 Å². The molecule has 0 aliphatic carbocycles. The molecule has 0 amide bonds. The molecule has 0 rings (SSSR count). The second-order valence-electron chi connectivity index (χ2n) is 0.446. The molecule has 0 aliphatic rings. The van der Waals surface area contributed by atoms with Crippen LogP contribution in [0.15, 0.2) is 0 Å². The van der Waals surface area contributed by atoms with Gasteiger partial charge in [-0.25, -0.2) is 4.21 Å². The maximum absolute atomic E-state index is 9.51. The van der Waals surface area contributed by atoms with E-state index in [2.05, 4.69) is 20.8 Å². The summed E-state index contributed by atoms with van der Waals surface area (Å²) in [6, 6.07) is 0. The van der Waals surface area contributed by atoms with Crippen molar-refractivity contribution in [3.05, 3.63) is 0 Å². The molecule has 0 aliphatic heterocycles. The van der Waals surface area contributed by atoms with Crippen molar-refractivity contribution in [1.29, 1.82) is 0 Å². The van der Waals surface area contributed by atoms with Crippen LogP contribution in [0.25, 0.3) is 0 Å². The lowest BCUT2D eigenvalue weighted by Crippen LogP contribution is -1.73. The third-order valence-corrected chi connectivity index (χ3v) is 0.863. The molecule has 0 saturated heterocycles. The molecule has 0 heterocycles. The fourth-order valence-corrected chi connectivity index (χ4v) is 0.514. The van der Waals surface area contributed by atoms with Gasteiger partial charge in [0.25, 0.3) is 0 Å². The first-order chi connectivity index (χ1) is 2.77. The molecular weight excluding hydrogens is 168 g/mol. The van der Waals surface area contributed by atoms with E-state index in [9.17, 15) is 4.21 Å². The average molecular weight is 169 g/mol. The van der Waals surface area contributed by atoms with E-state index in [-0.39, 0.29) is 0 Å². The summed E-state index contributed by atoms with van der Waals surface area (Å²) in [5, 5.41) is 1.90. The molecule has 1 unspecified atom stereocenters. The number of hydrogen-bond donors (Lipinski definition) is 1. The fourth-order valence-electron chi connectivity index (χ4n) is 0.0330. The molecule has 2 nitrogen and oxygen atoms in total. The molecule has 0 aromatic rings. The van der Waals surface area contributed by atoms with E-state index in [1.165, 1.54) is 0 Å². The normalized spacial score (nSPS) is 11.7. The predicted octanol–water partition coefficient (Wildman–Crippen LogP) is 0.521. The highest BCUT2D eigenvalue weighted by Crippen LogP contribution is 1.70. The zero-order chi connectivity index (χ0) is 4.99. The largest absolute Gasteiger partial charge is 0.296 e. The molecule has 1 N–H and O–H groups in total. The first-order valence-corrected chi connectivity index (χ1v) is 2.89. The van der Waals surface area contributed by atoms with Crippen LogP contribution < -0.4 is 0 Å². The average Bonchev–Trinajstić information content (AvgIpc) is 1.35. The van der Waals surface area contributed by atoms with Crippen molar-refractivity contribution in [1.82, 2.24) is 0 Å². The van der Waals surface area contributed by atoms with Gasteiger partial charge in [0.15, 0.2) is 0 Å². The van der Waals surface area contributed by atoms with Gasteiger partial charge < -0.3 is 0 Å². The topological polar surface area (TPSA) is 37.3 Å². The van der Waals surface area contributed by atoms with E-state index in [0.29, 0.717) is 0 Å². The van der Waals surface area contributed by atoms with Crippen LogP contribution in [0, 0.1) is 10.1 Å². The molecule has 6 heavy (non-hydrogen) atoms. The van der Waals surface area contributed by atoms with Crippen LogP contribution in [0.4, 0.5) is 0 Å². The zero-order valence-electron chi connectivity index (χ0n) is 2.64. The third kappa shape index (κ3) is 4.15. The van der Waals surface area contributed by atoms with Crippen LogP contribution in [0.5, 0.6) is 0 Å². The Morgan fingerprint density at radius 1 is 1.83 bits per heavy atom. The number of hydrogen-bond acceptors (Lipinski definition) is 1. The molecule has 4 heteroatoms. The summed E-state index contributed by atoms with van der Waals surface area (Å²) in [4.78, 5) is 2.08. The minimum Gasteiger partial charge on any atom is -0.296 e. The Morgan fingerprint density at radius 3 is 2.33 bits per heavy atom. The standard InChI is InChI=1S/C2HBrO2S/c3-1-2-6(4)5/h(H,4,5). The van der Waals surface area contributed by atoms with E-state index >= 15 is 0 Å². The van der Waals surface area contributed by atoms with Crippen LogP contribution in [0.3, 0.4) is 0 Å². The molecule has 0 spiro atoms. The molecule has 0 saturated carbocycles. The van der Waals surface area contributed by atoms with E-state index in [4.69, 9.17) is 4.55 Å². The van der Waals surface area contributed by atoms with Gasteiger partial charge in [0.1, 0.15) is 0 Å². The first-order valence-electron chi connectivity index (χ1n) is 0.992. The van der Waals surface area contributed by atoms with Gasteiger partial charge in [0, 0.05) is 21.2 Å². The Balaban J connectivity index is 3.50. The Morgan fingerprint density at radius 2 is 2.33 bits per heavy atom. The van der Waals surface area contributed by atoms with Gasteiger partial charge >= 0.3 is 0 Å². The Hall–Kier alpha value is 0.150. The van der Waals surface area contributed by atoms with E-state index < -0.39 is 11.1 Å². The summed E-state index contributed by atoms with van der Waals surface area (Å²) in [7, 11) is 0. The number of rotatable bonds is 0. The summed E-state index contributed by atoms with van der Waals surface area (Å²) >= 11 is 0.662. The predicted molar refractivity (Wildman–Crippen MR) is 27.5 cm³/mol. The highest BCUT2D eigenvalue weighted by atomic mass is 79.9. The van der Waals surface area contributed by atoms with Crippen LogP contribution >= 0.6 is 15.9 Å². The summed E-state index contributed by atoms with van der Waals surface area (Å²) in [5.74, 6) is 0. The second-order valence-corrected chi connectivity index (χ2v) is 1.54. The summed E-state index contributed by atoms with van der Waals surface area (Å²) in [6.45, 7) is 0. The van der Waals surface area contributed by atoms with E-state index in [0.717, 1.165) is 0 Å². The Kier molecular flexibility index (Phi) is 3.43. The van der Waals surface area contributed by atoms with Crippen LogP contribution in [0.1, 0.15) is 0 Å². The summed E-state index contributed by atoms with van der Waals surface area (Å²) in [6.07, 6.45) is 0. The monoisotopic (exact) mass is 168 g/mol. The van der Waals surface area contributed by atoms with Gasteiger partial charge in [-0.15, -0.1) is 0 Å². The highest BCUT2D eigenvalue weighted by Gasteiger charge is 1.72. The van der Waals surface area contributed by atoms with Crippen LogP contribution in [-0.4, -0.2) is 8.76 Å². The lowest BCUT2D eigenvalue weighted by atomic mass is 11.4. The van der Waals surface area contributed by atoms with Gasteiger partial charge in [0.2, 0.25) is 11.1 Å². The van der Waals surface area contributed by atoms with Gasteiger partial charge in [0.05, 0.1) is 0 Å². The minimum absolute atomic E-state index is 1.90. The Labute approximate surface area is 46.3 Å². The molecule has 0 bridgehead atoms. The lowest BCUT2D eigenvalue weighted by molar-refractivity contribution is 0.576. The fraction of sp³-hybridized carbons (Fsp3) is 0. The van der Waals surface area contributed by atoms with Gasteiger partial charge in [-0.3, -0.25) is 4.55 Å². The molecular formula is C2HBrO2S. The minimum atomic E-state index is -1.97. The van der Waals surface area contributed by atoms with Crippen molar-refractivity contribution in [2.45, 2.75) is 0 Å². The maximum atomic E-state index is 9.51. The van der Waals surface area contributed by atoms with E-state index in [1.54, 1.807) is 0 Å². The van der Waals surface area contributed by atoms with Crippen molar-refractivity contribution in [2.24, 2.45) is 0 Å². The summed E-state index contributed by atoms with van der Waals surface area (Å²) < 4.78 is 17.3. The lowest BCUT2D eigenvalue weighted by Gasteiger charge is -1.62. The summed E-state index contributed by atoms with van der Waals surface area (Å²) in [5.41, 5.74) is 0. The van der Waals surface area contributed by atoms with Crippen molar-refractivity contribution in [3.8, 4) is 10.1 Å².